The number of hydrogen-bond donors (Lipinski definition) is 2. The fraction of sp³-hybridized carbons (Fsp3) is 0.467. The molecule has 0 aromatic heterocycles. The molecular formula is C15H21NO6S. The number of amides is 1. The number of carbonyl (C=O) groups is 2. The number of carboxylic acid groups (broad SMARTS) is 1. The summed E-state index contributed by atoms with van der Waals surface area (Å²) >= 11 is 0. The van der Waals surface area contributed by atoms with Gasteiger partial charge in [0, 0.05) is 11.3 Å². The van der Waals surface area contributed by atoms with Gasteiger partial charge in [-0.2, -0.15) is 0 Å². The van der Waals surface area contributed by atoms with Crippen LogP contribution in [0.4, 0.5) is 0 Å². The quantitative estimate of drug-likeness (QED) is 0.694. The first-order valence-electron chi connectivity index (χ1n) is 7.26. The zero-order valence-corrected chi connectivity index (χ0v) is 13.9. The van der Waals surface area contributed by atoms with Crippen molar-refractivity contribution in [3.05, 3.63) is 29.8 Å². The molecule has 0 spiro atoms. The number of sulfone groups is 1. The van der Waals surface area contributed by atoms with Crippen LogP contribution in [0.2, 0.25) is 0 Å². The molecule has 23 heavy (non-hydrogen) atoms. The SMILES string of the molecule is CCOc1cccc(C(=O)NC(CCS(=O)(=O)CC)C(=O)O)c1. The Morgan fingerprint density at radius 2 is 2.00 bits per heavy atom. The highest BCUT2D eigenvalue weighted by molar-refractivity contribution is 7.91. The number of benzene rings is 1. The van der Waals surface area contributed by atoms with Crippen molar-refractivity contribution in [1.82, 2.24) is 5.32 Å². The lowest BCUT2D eigenvalue weighted by Crippen LogP contribution is -2.42. The second-order valence-corrected chi connectivity index (χ2v) is 7.32. The summed E-state index contributed by atoms with van der Waals surface area (Å²) < 4.78 is 28.2. The number of ether oxygens (including phenoxy) is 1. The first-order valence-corrected chi connectivity index (χ1v) is 9.08. The van der Waals surface area contributed by atoms with Crippen molar-refractivity contribution in [1.29, 1.82) is 0 Å². The lowest BCUT2D eigenvalue weighted by atomic mass is 10.1. The molecule has 8 heteroatoms. The van der Waals surface area contributed by atoms with Crippen LogP contribution >= 0.6 is 0 Å². The van der Waals surface area contributed by atoms with Gasteiger partial charge in [-0.1, -0.05) is 13.0 Å². The Labute approximate surface area is 135 Å². The van der Waals surface area contributed by atoms with Gasteiger partial charge in [0.15, 0.2) is 0 Å². The van der Waals surface area contributed by atoms with Crippen LogP contribution in [-0.2, 0) is 14.6 Å². The van der Waals surface area contributed by atoms with Crippen molar-refractivity contribution in [2.24, 2.45) is 0 Å². The molecular weight excluding hydrogens is 322 g/mol. The van der Waals surface area contributed by atoms with Crippen LogP contribution in [0.1, 0.15) is 30.6 Å². The van der Waals surface area contributed by atoms with E-state index in [2.05, 4.69) is 5.32 Å². The Bertz CT molecular complexity index is 656. The van der Waals surface area contributed by atoms with Crippen molar-refractivity contribution >= 4 is 21.7 Å². The molecule has 128 valence electrons. The Kier molecular flexibility index (Phi) is 7.02. The van der Waals surface area contributed by atoms with E-state index in [9.17, 15) is 18.0 Å². The average Bonchev–Trinajstić information content (AvgIpc) is 2.51. The highest BCUT2D eigenvalue weighted by Gasteiger charge is 2.23. The first-order chi connectivity index (χ1) is 10.8. The molecule has 1 aromatic carbocycles. The lowest BCUT2D eigenvalue weighted by molar-refractivity contribution is -0.139. The summed E-state index contributed by atoms with van der Waals surface area (Å²) in [5.41, 5.74) is 0.251. The number of hydrogen-bond acceptors (Lipinski definition) is 5. The zero-order valence-electron chi connectivity index (χ0n) is 13.1. The fourth-order valence-corrected chi connectivity index (χ4v) is 2.72. The minimum atomic E-state index is -3.30. The summed E-state index contributed by atoms with van der Waals surface area (Å²) in [6.45, 7) is 3.74. The smallest absolute Gasteiger partial charge is 0.326 e. The van der Waals surface area contributed by atoms with E-state index in [0.717, 1.165) is 0 Å². The lowest BCUT2D eigenvalue weighted by Gasteiger charge is -2.15. The van der Waals surface area contributed by atoms with Gasteiger partial charge < -0.3 is 15.2 Å². The third kappa shape index (κ3) is 6.27. The van der Waals surface area contributed by atoms with Crippen LogP contribution in [0, 0.1) is 0 Å². The molecule has 0 saturated heterocycles. The van der Waals surface area contributed by atoms with Crippen LogP contribution < -0.4 is 10.1 Å². The highest BCUT2D eigenvalue weighted by atomic mass is 32.2. The first kappa shape index (κ1) is 19.0. The van der Waals surface area contributed by atoms with Gasteiger partial charge in [0.05, 0.1) is 12.4 Å². The molecule has 1 aromatic rings. The van der Waals surface area contributed by atoms with E-state index in [-0.39, 0.29) is 23.5 Å². The molecule has 0 saturated carbocycles. The average molecular weight is 343 g/mol. The molecule has 0 heterocycles. The van der Waals surface area contributed by atoms with Crippen molar-refractivity contribution in [2.75, 3.05) is 18.1 Å². The van der Waals surface area contributed by atoms with Crippen LogP contribution in [0.5, 0.6) is 5.75 Å². The van der Waals surface area contributed by atoms with Crippen molar-refractivity contribution in [3.63, 3.8) is 0 Å². The van der Waals surface area contributed by atoms with Crippen LogP contribution in [0.25, 0.3) is 0 Å². The topological polar surface area (TPSA) is 110 Å². The molecule has 1 unspecified atom stereocenters. The molecule has 0 aliphatic rings. The number of rotatable bonds is 9. The fourth-order valence-electron chi connectivity index (χ4n) is 1.83. The van der Waals surface area contributed by atoms with Gasteiger partial charge in [-0.15, -0.1) is 0 Å². The Morgan fingerprint density at radius 3 is 2.57 bits per heavy atom. The predicted octanol–water partition coefficient (Wildman–Crippen LogP) is 1.09. The van der Waals surface area contributed by atoms with Crippen molar-refractivity contribution in [2.45, 2.75) is 26.3 Å². The normalized spacial score (nSPS) is 12.4. The summed E-state index contributed by atoms with van der Waals surface area (Å²) in [5, 5.41) is 11.5. The molecule has 0 aliphatic heterocycles. The van der Waals surface area contributed by atoms with Gasteiger partial charge in [0.25, 0.3) is 5.91 Å². The predicted molar refractivity (Wildman–Crippen MR) is 85.4 cm³/mol. The number of aliphatic carboxylic acids is 1. The van der Waals surface area contributed by atoms with E-state index in [1.807, 2.05) is 0 Å². The van der Waals surface area contributed by atoms with Crippen LogP contribution in [0.3, 0.4) is 0 Å². The maximum Gasteiger partial charge on any atom is 0.326 e. The number of nitrogens with one attached hydrogen (secondary N) is 1. The molecule has 1 amide bonds. The molecule has 0 fully saturated rings. The highest BCUT2D eigenvalue weighted by Crippen LogP contribution is 2.13. The molecule has 0 bridgehead atoms. The van der Waals surface area contributed by atoms with Gasteiger partial charge in [-0.05, 0) is 31.5 Å². The van der Waals surface area contributed by atoms with E-state index in [1.165, 1.54) is 19.1 Å². The van der Waals surface area contributed by atoms with Gasteiger partial charge in [0.1, 0.15) is 21.6 Å². The molecule has 7 nitrogen and oxygen atoms in total. The summed E-state index contributed by atoms with van der Waals surface area (Å²) in [7, 11) is -3.30. The van der Waals surface area contributed by atoms with Gasteiger partial charge in [0.2, 0.25) is 0 Å². The number of carbonyl (C=O) groups excluding carboxylic acids is 1. The van der Waals surface area contributed by atoms with E-state index in [1.54, 1.807) is 19.1 Å². The van der Waals surface area contributed by atoms with Gasteiger partial charge in [-0.25, -0.2) is 13.2 Å². The molecule has 0 aliphatic carbocycles. The Hall–Kier alpha value is -2.09. The molecule has 0 radical (unpaired) electrons. The van der Waals surface area contributed by atoms with E-state index in [0.29, 0.717) is 12.4 Å². The van der Waals surface area contributed by atoms with Crippen LogP contribution in [0.15, 0.2) is 24.3 Å². The third-order valence-electron chi connectivity index (χ3n) is 3.17. The maximum atomic E-state index is 12.1. The largest absolute Gasteiger partial charge is 0.494 e. The Morgan fingerprint density at radius 1 is 1.30 bits per heavy atom. The second kappa shape index (κ2) is 8.52. The molecule has 1 rings (SSSR count). The summed E-state index contributed by atoms with van der Waals surface area (Å²) in [5.74, 6) is -1.72. The standard InChI is InChI=1S/C15H21NO6S/c1-3-22-12-7-5-6-11(10-12)14(17)16-13(15(18)19)8-9-23(20,21)4-2/h5-7,10,13H,3-4,8-9H2,1-2H3,(H,16,17)(H,18,19). The number of carboxylic acids is 1. The second-order valence-electron chi connectivity index (χ2n) is 4.85. The molecule has 1 atom stereocenters. The minimum Gasteiger partial charge on any atom is -0.494 e. The third-order valence-corrected chi connectivity index (χ3v) is 4.91. The molecule has 2 N–H and O–H groups in total. The summed E-state index contributed by atoms with van der Waals surface area (Å²) in [4.78, 5) is 23.3. The Balaban J connectivity index is 2.78. The van der Waals surface area contributed by atoms with Gasteiger partial charge >= 0.3 is 5.97 Å². The van der Waals surface area contributed by atoms with Gasteiger partial charge in [-0.3, -0.25) is 4.79 Å². The van der Waals surface area contributed by atoms with E-state index < -0.39 is 27.8 Å². The summed E-state index contributed by atoms with van der Waals surface area (Å²) in [6, 6.07) is 5.07. The monoisotopic (exact) mass is 343 g/mol. The van der Waals surface area contributed by atoms with E-state index in [4.69, 9.17) is 9.84 Å². The minimum absolute atomic E-state index is 0.0658. The van der Waals surface area contributed by atoms with Crippen molar-refractivity contribution < 1.29 is 27.9 Å². The van der Waals surface area contributed by atoms with E-state index >= 15 is 0 Å². The van der Waals surface area contributed by atoms with Crippen LogP contribution in [-0.4, -0.2) is 49.6 Å². The zero-order chi connectivity index (χ0) is 17.5. The summed E-state index contributed by atoms with van der Waals surface area (Å²) in [6.07, 6.45) is -0.178. The van der Waals surface area contributed by atoms with Crippen molar-refractivity contribution in [3.8, 4) is 5.75 Å². The maximum absolute atomic E-state index is 12.1.